The largest absolute Gasteiger partial charge is 0.392 e. The van der Waals surface area contributed by atoms with Gasteiger partial charge in [0.1, 0.15) is 18.2 Å². The Morgan fingerprint density at radius 3 is 2.45 bits per heavy atom. The van der Waals surface area contributed by atoms with Gasteiger partial charge in [0.05, 0.1) is 19.3 Å². The van der Waals surface area contributed by atoms with Crippen molar-refractivity contribution in [2.75, 3.05) is 33.4 Å². The van der Waals surface area contributed by atoms with Gasteiger partial charge in [-0.15, -0.1) is 0 Å². The van der Waals surface area contributed by atoms with E-state index in [-0.39, 0.29) is 18.9 Å². The smallest absolute Gasteiger partial charge is 0.143 e. The minimum Gasteiger partial charge on any atom is -0.392 e. The third-order valence-electron chi connectivity index (χ3n) is 2.73. The molecule has 120 valence electrons. The number of nitrogens with zero attached hydrogens (tertiary/aromatic N) is 1. The van der Waals surface area contributed by atoms with Crippen LogP contribution in [0.5, 0.6) is 0 Å². The normalized spacial score (nSPS) is 16.1. The van der Waals surface area contributed by atoms with Gasteiger partial charge in [0.25, 0.3) is 0 Å². The van der Waals surface area contributed by atoms with E-state index in [0.29, 0.717) is 26.0 Å². The second-order valence-corrected chi connectivity index (χ2v) is 5.00. The van der Waals surface area contributed by atoms with Gasteiger partial charge in [-0.25, -0.2) is 0 Å². The molecule has 0 spiro atoms. The Morgan fingerprint density at radius 1 is 1.30 bits per heavy atom. The highest BCUT2D eigenvalue weighted by Gasteiger charge is 2.19. The number of Topliss-reactive ketones (excluding diaryl/α,β-unsaturated/α-hetero) is 1. The number of carbonyl (C=O) groups excluding carboxylic acids is 1. The molecular weight excluding hydrogens is 264 g/mol. The van der Waals surface area contributed by atoms with E-state index < -0.39 is 18.6 Å². The summed E-state index contributed by atoms with van der Waals surface area (Å²) >= 11 is 0. The van der Waals surface area contributed by atoms with Gasteiger partial charge in [0.15, 0.2) is 0 Å². The Labute approximate surface area is 120 Å². The Kier molecular flexibility index (Phi) is 10.8. The maximum atomic E-state index is 11.1. The van der Waals surface area contributed by atoms with Crippen molar-refractivity contribution in [1.82, 2.24) is 10.2 Å². The van der Waals surface area contributed by atoms with Crippen LogP contribution in [0.15, 0.2) is 0 Å². The third-order valence-corrected chi connectivity index (χ3v) is 2.73. The zero-order chi connectivity index (χ0) is 15.5. The summed E-state index contributed by atoms with van der Waals surface area (Å²) in [7, 11) is 1.58. The van der Waals surface area contributed by atoms with Crippen LogP contribution in [0.3, 0.4) is 0 Å². The fourth-order valence-corrected chi connectivity index (χ4v) is 1.84. The predicted octanol–water partition coefficient (Wildman–Crippen LogP) is -1.09. The summed E-state index contributed by atoms with van der Waals surface area (Å²) in [4.78, 5) is 12.7. The molecule has 0 saturated carbocycles. The lowest BCUT2D eigenvalue weighted by Gasteiger charge is -2.28. The van der Waals surface area contributed by atoms with Crippen molar-refractivity contribution in [3.05, 3.63) is 0 Å². The van der Waals surface area contributed by atoms with Crippen LogP contribution < -0.4 is 5.32 Å². The average molecular weight is 292 g/mol. The highest BCUT2D eigenvalue weighted by Crippen LogP contribution is 2.07. The van der Waals surface area contributed by atoms with E-state index >= 15 is 0 Å². The quantitative estimate of drug-likeness (QED) is 0.268. The van der Waals surface area contributed by atoms with Crippen LogP contribution in [-0.2, 0) is 9.53 Å². The van der Waals surface area contributed by atoms with E-state index in [4.69, 9.17) is 4.74 Å². The number of nitrogens with one attached hydrogen (secondary N) is 1. The highest BCUT2D eigenvalue weighted by molar-refractivity contribution is 5.77. The van der Waals surface area contributed by atoms with Crippen molar-refractivity contribution in [2.45, 2.75) is 45.2 Å². The Balaban J connectivity index is 4.10. The molecule has 0 aliphatic heterocycles. The number of methoxy groups -OCH3 is 1. The fourth-order valence-electron chi connectivity index (χ4n) is 1.84. The first-order valence-electron chi connectivity index (χ1n) is 6.86. The lowest BCUT2D eigenvalue weighted by molar-refractivity contribution is -0.122. The Bertz CT molecular complexity index is 263. The van der Waals surface area contributed by atoms with Crippen molar-refractivity contribution in [3.63, 3.8) is 0 Å². The molecule has 0 aromatic rings. The van der Waals surface area contributed by atoms with Crippen LogP contribution in [0.1, 0.15) is 26.7 Å². The summed E-state index contributed by atoms with van der Waals surface area (Å²) < 4.78 is 4.85. The van der Waals surface area contributed by atoms with Crippen molar-refractivity contribution in [3.8, 4) is 0 Å². The van der Waals surface area contributed by atoms with Gasteiger partial charge in [0, 0.05) is 20.2 Å². The molecule has 20 heavy (non-hydrogen) atoms. The van der Waals surface area contributed by atoms with Crippen LogP contribution >= 0.6 is 0 Å². The molecule has 0 aliphatic rings. The summed E-state index contributed by atoms with van der Waals surface area (Å²) in [5.74, 6) is -0.0801. The number of hydrogen-bond acceptors (Lipinski definition) is 7. The average Bonchev–Trinajstić information content (AvgIpc) is 2.34. The fraction of sp³-hybridized carbons (Fsp3) is 0.923. The predicted molar refractivity (Wildman–Crippen MR) is 75.1 cm³/mol. The summed E-state index contributed by atoms with van der Waals surface area (Å²) in [5.41, 5.74) is 0. The maximum absolute atomic E-state index is 11.1. The lowest BCUT2D eigenvalue weighted by Crippen LogP contribution is -2.43. The minimum atomic E-state index is -0.868. The van der Waals surface area contributed by atoms with Crippen molar-refractivity contribution < 1.29 is 24.9 Å². The van der Waals surface area contributed by atoms with Gasteiger partial charge in [0.2, 0.25) is 0 Å². The van der Waals surface area contributed by atoms with Crippen LogP contribution in [-0.4, -0.2) is 77.9 Å². The van der Waals surface area contributed by atoms with Gasteiger partial charge in [-0.1, -0.05) is 0 Å². The van der Waals surface area contributed by atoms with E-state index in [1.807, 2.05) is 0 Å². The zero-order valence-corrected chi connectivity index (χ0v) is 12.6. The topological polar surface area (TPSA) is 102 Å². The summed E-state index contributed by atoms with van der Waals surface area (Å²) in [6.07, 6.45) is -1.58. The molecule has 0 heterocycles. The van der Waals surface area contributed by atoms with Gasteiger partial charge in [-0.05, 0) is 26.7 Å². The molecule has 0 fully saturated rings. The second kappa shape index (κ2) is 11.1. The van der Waals surface area contributed by atoms with Crippen molar-refractivity contribution >= 4 is 5.78 Å². The third kappa shape index (κ3) is 10.2. The zero-order valence-electron chi connectivity index (χ0n) is 12.6. The Morgan fingerprint density at radius 2 is 1.95 bits per heavy atom. The molecule has 7 nitrogen and oxygen atoms in total. The molecular formula is C13H28N2O5. The summed E-state index contributed by atoms with van der Waals surface area (Å²) in [5, 5.41) is 31.9. The number of carbonyl (C=O) groups is 1. The van der Waals surface area contributed by atoms with Crippen LogP contribution in [0.2, 0.25) is 0 Å². The highest BCUT2D eigenvalue weighted by atomic mass is 16.5. The van der Waals surface area contributed by atoms with Gasteiger partial charge in [-0.2, -0.15) is 0 Å². The molecule has 0 amide bonds. The molecule has 0 aromatic heterocycles. The van der Waals surface area contributed by atoms with Crippen LogP contribution in [0.4, 0.5) is 0 Å². The van der Waals surface area contributed by atoms with E-state index in [9.17, 15) is 20.1 Å². The minimum absolute atomic E-state index is 0.0801. The molecule has 0 bridgehead atoms. The SMILES string of the molecule is COCCNC(O)CCC(O)N(CC(C)=O)CC(C)O. The standard InChI is InChI=1S/C13H28N2O5/c1-10(16)8-15(9-11(2)17)13(19)5-4-12(18)14-6-7-20-3/h10,12-14,16,18-19H,4-9H2,1-3H3. The summed E-state index contributed by atoms with van der Waals surface area (Å²) in [6.45, 7) is 4.35. The number of rotatable bonds is 12. The second-order valence-electron chi connectivity index (χ2n) is 5.00. The molecule has 4 N–H and O–H groups in total. The lowest BCUT2D eigenvalue weighted by atomic mass is 10.2. The molecule has 0 radical (unpaired) electrons. The number of aliphatic hydroxyl groups is 3. The molecule has 0 aliphatic carbocycles. The number of aliphatic hydroxyl groups excluding tert-OH is 3. The Hall–Kier alpha value is -0.570. The van der Waals surface area contributed by atoms with Gasteiger partial charge >= 0.3 is 0 Å². The van der Waals surface area contributed by atoms with Crippen molar-refractivity contribution in [2.24, 2.45) is 0 Å². The molecule has 3 unspecified atom stereocenters. The van der Waals surface area contributed by atoms with E-state index in [0.717, 1.165) is 0 Å². The van der Waals surface area contributed by atoms with Gasteiger partial charge in [-0.3, -0.25) is 15.0 Å². The van der Waals surface area contributed by atoms with E-state index in [1.165, 1.54) is 11.8 Å². The molecule has 0 saturated heterocycles. The van der Waals surface area contributed by atoms with Gasteiger partial charge < -0.3 is 20.1 Å². The molecule has 0 rings (SSSR count). The van der Waals surface area contributed by atoms with E-state index in [2.05, 4.69) is 5.32 Å². The van der Waals surface area contributed by atoms with Crippen LogP contribution in [0, 0.1) is 0 Å². The van der Waals surface area contributed by atoms with E-state index in [1.54, 1.807) is 14.0 Å². The van der Waals surface area contributed by atoms with Crippen molar-refractivity contribution in [1.29, 1.82) is 0 Å². The summed E-state index contributed by atoms with van der Waals surface area (Å²) in [6, 6.07) is 0. The molecule has 0 aromatic carbocycles. The molecule has 7 heteroatoms. The number of ketones is 1. The van der Waals surface area contributed by atoms with Crippen LogP contribution in [0.25, 0.3) is 0 Å². The first kappa shape index (κ1) is 19.4. The first-order chi connectivity index (χ1) is 9.36. The first-order valence-corrected chi connectivity index (χ1v) is 6.86. The molecule has 3 atom stereocenters. The monoisotopic (exact) mass is 292 g/mol. The number of ether oxygens (including phenoxy) is 1. The maximum Gasteiger partial charge on any atom is 0.143 e. The number of hydrogen-bond donors (Lipinski definition) is 4.